The SMILES string of the molecule is CC(=O)N[C@H](CCSC1CC(=O)N(CCNC(=O)c2ccc(C(=O)O)c(-c3c4ccc(=O)cc-4oc4cc(O)ccc34)c2)C1=O)C(=O)N[C@H](C)C(=O)N[C@H](C)C(=O)N[C@H](C)C(=O)N[C@@H](C(=O)N[C@H](Cc1cnc[nH]1)C(=O)N[C@H](CCC(=O)O)C(N)=O)[C@H](C)O. The van der Waals surface area contributed by atoms with Crippen molar-refractivity contribution in [3.63, 3.8) is 0 Å². The molecule has 1 aliphatic carbocycles. The number of aliphatic hydroxyl groups is 1. The van der Waals surface area contributed by atoms with Gasteiger partial charge < -0.3 is 78.1 Å². The van der Waals surface area contributed by atoms with E-state index in [0.29, 0.717) is 22.2 Å². The lowest BCUT2D eigenvalue weighted by atomic mass is 9.89. The van der Waals surface area contributed by atoms with Gasteiger partial charge in [0, 0.05) is 85.4 Å². The average molecular weight is 1260 g/mol. The molecule has 15 N–H and O–H groups in total. The molecule has 1 unspecified atom stereocenters. The number of carboxylic acid groups (broad SMARTS) is 2. The molecule has 474 valence electrons. The van der Waals surface area contributed by atoms with Gasteiger partial charge in [-0.3, -0.25) is 67.2 Å². The number of imidazole rings is 1. The number of primary amides is 1. The molecule has 9 atom stereocenters. The van der Waals surface area contributed by atoms with E-state index in [-0.39, 0.29) is 78.3 Å². The number of aromatic carboxylic acids is 1. The number of nitrogens with one attached hydrogen (secondary N) is 9. The lowest BCUT2D eigenvalue weighted by molar-refractivity contribution is -0.139. The maximum Gasteiger partial charge on any atom is 0.336 e. The summed E-state index contributed by atoms with van der Waals surface area (Å²) in [7, 11) is 0. The summed E-state index contributed by atoms with van der Waals surface area (Å²) in [5.74, 6) is -11.8. The number of thioether (sulfide) groups is 1. The first-order valence-electron chi connectivity index (χ1n) is 27.6. The topological polar surface area (TPSA) is 487 Å². The smallest absolute Gasteiger partial charge is 0.336 e. The van der Waals surface area contributed by atoms with E-state index in [2.05, 4.69) is 52.5 Å². The van der Waals surface area contributed by atoms with Crippen LogP contribution in [0.5, 0.6) is 5.75 Å². The van der Waals surface area contributed by atoms with Crippen molar-refractivity contribution in [1.82, 2.24) is 57.4 Å². The lowest BCUT2D eigenvalue weighted by Gasteiger charge is -2.27. The van der Waals surface area contributed by atoms with E-state index in [1.807, 2.05) is 0 Å². The normalized spacial score (nSPS) is 15.7. The van der Waals surface area contributed by atoms with Gasteiger partial charge in [0.05, 0.1) is 23.2 Å². The van der Waals surface area contributed by atoms with Crippen molar-refractivity contribution in [3.05, 3.63) is 94.2 Å². The Hall–Kier alpha value is -10.2. The number of aliphatic carboxylic acids is 1. The minimum Gasteiger partial charge on any atom is -0.508 e. The Balaban J connectivity index is 0.974. The number of nitrogens with zero attached hydrogens (tertiary/aromatic N) is 2. The zero-order chi connectivity index (χ0) is 65.6. The summed E-state index contributed by atoms with van der Waals surface area (Å²) in [5.41, 5.74) is 5.99. The predicted molar refractivity (Wildman–Crippen MR) is 314 cm³/mol. The second kappa shape index (κ2) is 30.4. The molecular formula is C57H66N12O19S. The number of fused-ring (bicyclic) bond motifs is 2. The number of likely N-dealkylation sites (tertiary alicyclic amines) is 1. The fourth-order valence-corrected chi connectivity index (χ4v) is 10.4. The van der Waals surface area contributed by atoms with Crippen LogP contribution >= 0.6 is 11.8 Å². The Morgan fingerprint density at radius 3 is 1.99 bits per heavy atom. The largest absolute Gasteiger partial charge is 0.508 e. The number of carbonyl (C=O) groups excluding carboxylic acids is 11. The highest BCUT2D eigenvalue weighted by atomic mass is 32.2. The number of phenolic OH excluding ortho intramolecular Hbond substituents is 1. The van der Waals surface area contributed by atoms with Gasteiger partial charge in [0.15, 0.2) is 5.43 Å². The van der Waals surface area contributed by atoms with Crippen molar-refractivity contribution >= 4 is 99.6 Å². The number of benzene rings is 3. The number of carboxylic acids is 2. The number of phenols is 1. The number of rotatable bonds is 30. The van der Waals surface area contributed by atoms with Crippen LogP contribution in [0.2, 0.25) is 0 Å². The molecule has 0 spiro atoms. The second-order valence-electron chi connectivity index (χ2n) is 20.8. The summed E-state index contributed by atoms with van der Waals surface area (Å²) in [5, 5.41) is 58.7. The quantitative estimate of drug-likeness (QED) is 0.0177. The third kappa shape index (κ3) is 18.2. The van der Waals surface area contributed by atoms with E-state index >= 15 is 0 Å². The van der Waals surface area contributed by atoms with E-state index in [1.54, 1.807) is 0 Å². The predicted octanol–water partition coefficient (Wildman–Crippen LogP) is -1.88. The number of imide groups is 1. The molecule has 2 aromatic carbocycles. The van der Waals surface area contributed by atoms with E-state index in [4.69, 9.17) is 15.3 Å². The maximum absolute atomic E-state index is 13.6. The first-order valence-corrected chi connectivity index (χ1v) is 28.6. The molecule has 3 aromatic rings. The molecule has 1 aromatic heterocycles. The van der Waals surface area contributed by atoms with Gasteiger partial charge in [-0.1, -0.05) is 0 Å². The van der Waals surface area contributed by atoms with E-state index in [9.17, 15) is 82.4 Å². The van der Waals surface area contributed by atoms with Crippen LogP contribution in [-0.4, -0.2) is 185 Å². The third-order valence-electron chi connectivity index (χ3n) is 13.9. The molecule has 31 nitrogen and oxygen atoms in total. The van der Waals surface area contributed by atoms with Crippen molar-refractivity contribution in [2.45, 2.75) is 120 Å². The highest BCUT2D eigenvalue weighted by Crippen LogP contribution is 2.42. The van der Waals surface area contributed by atoms with Gasteiger partial charge in [0.1, 0.15) is 59.4 Å². The zero-order valence-electron chi connectivity index (χ0n) is 48.5. The number of aromatic amines is 1. The van der Waals surface area contributed by atoms with Crippen LogP contribution < -0.4 is 53.7 Å². The molecule has 3 heterocycles. The van der Waals surface area contributed by atoms with Gasteiger partial charge in [-0.2, -0.15) is 0 Å². The Morgan fingerprint density at radius 2 is 1.38 bits per heavy atom. The van der Waals surface area contributed by atoms with E-state index in [0.717, 1.165) is 30.5 Å². The molecule has 0 saturated carbocycles. The minimum atomic E-state index is -1.74. The maximum atomic E-state index is 13.6. The van der Waals surface area contributed by atoms with Crippen LogP contribution in [0, 0.1) is 0 Å². The third-order valence-corrected chi connectivity index (χ3v) is 15.2. The highest BCUT2D eigenvalue weighted by Gasteiger charge is 2.39. The molecule has 89 heavy (non-hydrogen) atoms. The lowest BCUT2D eigenvalue weighted by Crippen LogP contribution is -2.61. The van der Waals surface area contributed by atoms with Crippen LogP contribution in [0.25, 0.3) is 33.4 Å². The summed E-state index contributed by atoms with van der Waals surface area (Å²) in [6, 6.07) is 1.96. The number of amides is 11. The van der Waals surface area contributed by atoms with Crippen molar-refractivity contribution < 1.29 is 87.2 Å². The molecule has 1 saturated heterocycles. The standard InChI is InChI=1S/C57H66N12O19S/c1-25(49(78)63-27(3)51(80)68-47(28(4)70)55(84)67-40(19-31-23-59-24-61-31)54(83)66-38(48(58)77)12-13-45(75)76)62-50(79)26(2)64-53(82)39(65-29(5)71)14-17-89-43-22-44(74)69(56(43)85)16-15-60-52(81)30-6-9-34(57(86)87)37(18-30)46-35-10-7-32(72)20-41(35)88-42-21-33(73)8-11-36(42)46/h6-11,18,20-21,23-28,38-40,43,47,70,72H,12-17,19,22H2,1-5H3,(H2,58,77)(H,59,61)(H,60,81)(H,62,79)(H,63,78)(H,64,82)(H,65,71)(H,66,83)(H,67,84)(H,68,80)(H,75,76)(H,86,87)/t25-,26-,27-,28+,38-,39-,40-,43?,47-/m1/s1. The fourth-order valence-electron chi connectivity index (χ4n) is 9.26. The van der Waals surface area contributed by atoms with Crippen molar-refractivity contribution in [2.75, 3.05) is 18.8 Å². The van der Waals surface area contributed by atoms with Gasteiger partial charge in [0.2, 0.25) is 59.1 Å². The molecule has 2 aliphatic heterocycles. The number of H-pyrrole nitrogens is 1. The van der Waals surface area contributed by atoms with Gasteiger partial charge in [-0.05, 0) is 94.3 Å². The summed E-state index contributed by atoms with van der Waals surface area (Å²) < 4.78 is 5.88. The molecule has 0 radical (unpaired) electrons. The molecule has 32 heteroatoms. The van der Waals surface area contributed by atoms with Crippen LogP contribution in [-0.2, 0) is 59.2 Å². The number of nitrogens with two attached hydrogens (primary N) is 1. The number of aliphatic hydroxyl groups excluding tert-OH is 1. The van der Waals surface area contributed by atoms with E-state index in [1.165, 1.54) is 87.9 Å². The molecule has 3 aliphatic rings. The minimum absolute atomic E-state index is 0.00966. The monoisotopic (exact) mass is 1250 g/mol. The number of hydrogen-bond acceptors (Lipinski definition) is 19. The molecule has 1 fully saturated rings. The summed E-state index contributed by atoms with van der Waals surface area (Å²) in [4.78, 5) is 188. The van der Waals surface area contributed by atoms with Gasteiger partial charge >= 0.3 is 11.9 Å². The average Bonchev–Trinajstić information content (AvgIpc) is 1.15. The Labute approximate surface area is 509 Å². The fraction of sp³-hybridized carbons (Fsp3) is 0.386. The van der Waals surface area contributed by atoms with Gasteiger partial charge in [-0.15, -0.1) is 11.8 Å². The van der Waals surface area contributed by atoms with E-state index < -0.39 is 142 Å². The molecule has 11 amide bonds. The van der Waals surface area contributed by atoms with Crippen LogP contribution in [0.3, 0.4) is 0 Å². The number of hydrogen-bond donors (Lipinski definition) is 14. The number of aromatic hydroxyl groups is 1. The Bertz CT molecular complexity index is 3590. The Kier molecular flexibility index (Phi) is 23.2. The summed E-state index contributed by atoms with van der Waals surface area (Å²) >= 11 is 1.03. The van der Waals surface area contributed by atoms with Crippen LogP contribution in [0.4, 0.5) is 0 Å². The first-order chi connectivity index (χ1) is 42.0. The highest BCUT2D eigenvalue weighted by molar-refractivity contribution is 8.00. The molecule has 6 rings (SSSR count). The number of aromatic nitrogens is 2. The first kappa shape index (κ1) is 67.9. The van der Waals surface area contributed by atoms with Crippen molar-refractivity contribution in [1.29, 1.82) is 0 Å². The van der Waals surface area contributed by atoms with Crippen molar-refractivity contribution in [3.8, 4) is 28.2 Å². The number of carbonyl (C=O) groups is 13. The summed E-state index contributed by atoms with van der Waals surface area (Å²) in [6.07, 6.45) is -0.446. The van der Waals surface area contributed by atoms with Gasteiger partial charge in [0.25, 0.3) is 5.91 Å². The van der Waals surface area contributed by atoms with Gasteiger partial charge in [-0.25, -0.2) is 9.78 Å². The zero-order valence-corrected chi connectivity index (χ0v) is 49.3. The van der Waals surface area contributed by atoms with Crippen molar-refractivity contribution in [2.24, 2.45) is 5.73 Å². The summed E-state index contributed by atoms with van der Waals surface area (Å²) in [6.45, 7) is 5.60. The second-order valence-corrected chi connectivity index (χ2v) is 22.1. The molecule has 0 bridgehead atoms. The Morgan fingerprint density at radius 1 is 0.742 bits per heavy atom. The molecular weight excluding hydrogens is 1190 g/mol. The van der Waals surface area contributed by atoms with Crippen LogP contribution in [0.1, 0.15) is 86.7 Å². The van der Waals surface area contributed by atoms with Crippen LogP contribution in [0.15, 0.2) is 76.3 Å².